The SMILES string of the molecule is CCc1ccc(N2C(=O)C(Nc3ccc(C)c(C)c3)=C(c3ccc(OC)cc3)C2=O)cc1. The van der Waals surface area contributed by atoms with Crippen LogP contribution >= 0.6 is 0 Å². The third-order valence-electron chi connectivity index (χ3n) is 5.84. The van der Waals surface area contributed by atoms with Gasteiger partial charge in [0.25, 0.3) is 11.8 Å². The Labute approximate surface area is 188 Å². The van der Waals surface area contributed by atoms with Crippen molar-refractivity contribution in [3.63, 3.8) is 0 Å². The first-order valence-electron chi connectivity index (χ1n) is 10.6. The van der Waals surface area contributed by atoms with Gasteiger partial charge in [-0.15, -0.1) is 0 Å². The lowest BCUT2D eigenvalue weighted by atomic mass is 10.0. The van der Waals surface area contributed by atoms with Gasteiger partial charge in [-0.3, -0.25) is 9.59 Å². The smallest absolute Gasteiger partial charge is 0.282 e. The Morgan fingerprint density at radius 2 is 1.53 bits per heavy atom. The number of nitrogens with zero attached hydrogens (tertiary/aromatic N) is 1. The van der Waals surface area contributed by atoms with Crippen molar-refractivity contribution in [2.75, 3.05) is 17.3 Å². The van der Waals surface area contributed by atoms with Crippen molar-refractivity contribution in [3.05, 3.63) is 94.7 Å². The molecule has 0 atom stereocenters. The molecule has 1 N–H and O–H groups in total. The van der Waals surface area contributed by atoms with Crippen LogP contribution in [0.25, 0.3) is 5.57 Å². The molecule has 0 radical (unpaired) electrons. The summed E-state index contributed by atoms with van der Waals surface area (Å²) in [7, 11) is 1.59. The van der Waals surface area contributed by atoms with E-state index < -0.39 is 0 Å². The summed E-state index contributed by atoms with van der Waals surface area (Å²) in [6, 6.07) is 20.6. The van der Waals surface area contributed by atoms with Crippen molar-refractivity contribution < 1.29 is 14.3 Å². The van der Waals surface area contributed by atoms with Crippen LogP contribution in [0.4, 0.5) is 11.4 Å². The van der Waals surface area contributed by atoms with Gasteiger partial charge >= 0.3 is 0 Å². The van der Waals surface area contributed by atoms with Gasteiger partial charge in [0.1, 0.15) is 11.4 Å². The number of rotatable bonds is 6. The summed E-state index contributed by atoms with van der Waals surface area (Å²) in [6.07, 6.45) is 0.886. The van der Waals surface area contributed by atoms with Gasteiger partial charge in [-0.25, -0.2) is 4.90 Å². The Morgan fingerprint density at radius 1 is 0.844 bits per heavy atom. The van der Waals surface area contributed by atoms with E-state index in [0.717, 1.165) is 28.8 Å². The largest absolute Gasteiger partial charge is 0.497 e. The molecule has 4 rings (SSSR count). The number of benzene rings is 3. The molecule has 32 heavy (non-hydrogen) atoms. The number of aryl methyl sites for hydroxylation is 3. The van der Waals surface area contributed by atoms with E-state index in [2.05, 4.69) is 12.2 Å². The van der Waals surface area contributed by atoms with Crippen LogP contribution in [0.15, 0.2) is 72.4 Å². The molecule has 0 unspecified atom stereocenters. The summed E-state index contributed by atoms with van der Waals surface area (Å²) in [6.45, 7) is 6.12. The van der Waals surface area contributed by atoms with Crippen molar-refractivity contribution in [2.45, 2.75) is 27.2 Å². The average Bonchev–Trinajstić information content (AvgIpc) is 3.05. The van der Waals surface area contributed by atoms with Crippen LogP contribution in [-0.2, 0) is 16.0 Å². The first kappa shape index (κ1) is 21.4. The van der Waals surface area contributed by atoms with Crippen LogP contribution < -0.4 is 15.0 Å². The molecular formula is C27H26N2O3. The maximum absolute atomic E-state index is 13.5. The molecule has 0 bridgehead atoms. The fourth-order valence-electron chi connectivity index (χ4n) is 3.75. The standard InChI is InChI=1S/C27H26N2O3/c1-5-19-7-12-22(13-8-19)29-26(30)24(20-9-14-23(32-4)15-10-20)25(27(29)31)28-21-11-6-17(2)18(3)16-21/h6-16,28H,5H2,1-4H3. The van der Waals surface area contributed by atoms with Crippen LogP contribution in [0.3, 0.4) is 0 Å². The topological polar surface area (TPSA) is 58.6 Å². The van der Waals surface area contributed by atoms with Crippen LogP contribution in [0.2, 0.25) is 0 Å². The first-order chi connectivity index (χ1) is 15.4. The fourth-order valence-corrected chi connectivity index (χ4v) is 3.75. The molecule has 0 aromatic heterocycles. The second kappa shape index (κ2) is 8.71. The molecule has 5 heteroatoms. The minimum Gasteiger partial charge on any atom is -0.497 e. The van der Waals surface area contributed by atoms with Crippen LogP contribution in [-0.4, -0.2) is 18.9 Å². The number of nitrogens with one attached hydrogen (secondary N) is 1. The van der Waals surface area contributed by atoms with Gasteiger partial charge in [-0.1, -0.05) is 37.3 Å². The average molecular weight is 427 g/mol. The first-order valence-corrected chi connectivity index (χ1v) is 10.6. The Hall–Kier alpha value is -3.86. The van der Waals surface area contributed by atoms with Crippen molar-refractivity contribution in [1.29, 1.82) is 0 Å². The lowest BCUT2D eigenvalue weighted by molar-refractivity contribution is -0.120. The van der Waals surface area contributed by atoms with Crippen LogP contribution in [0, 0.1) is 13.8 Å². The zero-order valence-electron chi connectivity index (χ0n) is 18.7. The summed E-state index contributed by atoms with van der Waals surface area (Å²) in [4.78, 5) is 28.3. The number of imide groups is 1. The minimum absolute atomic E-state index is 0.267. The second-order valence-electron chi connectivity index (χ2n) is 7.87. The number of methoxy groups -OCH3 is 1. The quantitative estimate of drug-likeness (QED) is 0.546. The maximum atomic E-state index is 13.5. The molecule has 162 valence electrons. The lowest BCUT2D eigenvalue weighted by Crippen LogP contribution is -2.32. The summed E-state index contributed by atoms with van der Waals surface area (Å²) < 4.78 is 5.24. The monoisotopic (exact) mass is 426 g/mol. The van der Waals surface area contributed by atoms with Gasteiger partial charge in [0.15, 0.2) is 0 Å². The molecule has 0 saturated heterocycles. The van der Waals surface area contributed by atoms with Crippen molar-refractivity contribution >= 4 is 28.8 Å². The van der Waals surface area contributed by atoms with Gasteiger partial charge in [0, 0.05) is 5.69 Å². The number of hydrogen-bond acceptors (Lipinski definition) is 4. The third kappa shape index (κ3) is 3.89. The van der Waals surface area contributed by atoms with Crippen molar-refractivity contribution in [3.8, 4) is 5.75 Å². The second-order valence-corrected chi connectivity index (χ2v) is 7.87. The molecule has 3 aromatic carbocycles. The van der Waals surface area contributed by atoms with E-state index in [9.17, 15) is 9.59 Å². The number of carbonyl (C=O) groups excluding carboxylic acids is 2. The number of hydrogen-bond donors (Lipinski definition) is 1. The zero-order chi connectivity index (χ0) is 22.8. The minimum atomic E-state index is -0.372. The highest BCUT2D eigenvalue weighted by molar-refractivity contribution is 6.46. The van der Waals surface area contributed by atoms with E-state index in [1.165, 1.54) is 4.90 Å². The predicted molar refractivity (Wildman–Crippen MR) is 128 cm³/mol. The fraction of sp³-hybridized carbons (Fsp3) is 0.185. The van der Waals surface area contributed by atoms with E-state index in [1.807, 2.05) is 56.3 Å². The Bertz CT molecular complexity index is 1210. The summed E-state index contributed by atoms with van der Waals surface area (Å²) in [5.41, 5.74) is 5.99. The van der Waals surface area contributed by atoms with Crippen molar-refractivity contribution in [2.24, 2.45) is 0 Å². The molecule has 0 aliphatic carbocycles. The predicted octanol–water partition coefficient (Wildman–Crippen LogP) is 5.27. The third-order valence-corrected chi connectivity index (χ3v) is 5.84. The Morgan fingerprint density at radius 3 is 2.12 bits per heavy atom. The Balaban J connectivity index is 1.79. The summed E-state index contributed by atoms with van der Waals surface area (Å²) >= 11 is 0. The molecule has 3 aromatic rings. The van der Waals surface area contributed by atoms with Crippen LogP contribution in [0.5, 0.6) is 5.75 Å². The van der Waals surface area contributed by atoms with Gasteiger partial charge in [-0.2, -0.15) is 0 Å². The van der Waals surface area contributed by atoms with Gasteiger partial charge in [0.2, 0.25) is 0 Å². The highest BCUT2D eigenvalue weighted by Crippen LogP contribution is 2.34. The Kier molecular flexibility index (Phi) is 5.82. The molecular weight excluding hydrogens is 400 g/mol. The summed E-state index contributed by atoms with van der Waals surface area (Å²) in [5, 5.41) is 3.22. The lowest BCUT2D eigenvalue weighted by Gasteiger charge is -2.16. The van der Waals surface area contributed by atoms with E-state index in [1.54, 1.807) is 31.4 Å². The molecule has 0 spiro atoms. The van der Waals surface area contributed by atoms with Gasteiger partial charge in [0.05, 0.1) is 18.4 Å². The van der Waals surface area contributed by atoms with Crippen LogP contribution in [0.1, 0.15) is 29.2 Å². The number of amides is 2. The van der Waals surface area contributed by atoms with E-state index in [0.29, 0.717) is 22.6 Å². The molecule has 5 nitrogen and oxygen atoms in total. The zero-order valence-corrected chi connectivity index (χ0v) is 18.7. The normalized spacial score (nSPS) is 13.7. The van der Waals surface area contributed by atoms with Crippen molar-refractivity contribution in [1.82, 2.24) is 0 Å². The molecule has 0 saturated carbocycles. The highest BCUT2D eigenvalue weighted by Gasteiger charge is 2.40. The van der Waals surface area contributed by atoms with Gasteiger partial charge in [-0.05, 0) is 78.9 Å². The molecule has 2 amide bonds. The molecule has 0 fully saturated rings. The number of ether oxygens (including phenoxy) is 1. The molecule has 1 aliphatic heterocycles. The molecule has 1 aliphatic rings. The summed E-state index contributed by atoms with van der Waals surface area (Å²) in [5.74, 6) is -0.0409. The molecule has 1 heterocycles. The van der Waals surface area contributed by atoms with E-state index >= 15 is 0 Å². The van der Waals surface area contributed by atoms with E-state index in [-0.39, 0.29) is 17.5 Å². The van der Waals surface area contributed by atoms with E-state index in [4.69, 9.17) is 4.74 Å². The maximum Gasteiger partial charge on any atom is 0.282 e. The number of carbonyl (C=O) groups is 2. The number of anilines is 2. The highest BCUT2D eigenvalue weighted by atomic mass is 16.5. The van der Waals surface area contributed by atoms with Gasteiger partial charge < -0.3 is 10.1 Å².